The molecule has 0 fully saturated rings. The standard InChI is InChI=1S/C23H23N5O4S/c1-32-18-8-5-7-17(15-18)20-11-12-22-25-21(16-28(22)27-20)26-23(29)24-13-6-14-33(30,31)19-9-3-2-4-10-19/h2-5,7-12,15-16H,6,13-14H2,1H3,(H2,24,26,29). The van der Waals surface area contributed by atoms with E-state index in [0.717, 1.165) is 17.0 Å². The highest BCUT2D eigenvalue weighted by atomic mass is 32.2. The molecule has 0 saturated carbocycles. The van der Waals surface area contributed by atoms with Crippen LogP contribution in [0.1, 0.15) is 6.42 Å². The lowest BCUT2D eigenvalue weighted by molar-refractivity contribution is 0.252. The van der Waals surface area contributed by atoms with Crippen LogP contribution in [0.25, 0.3) is 16.9 Å². The summed E-state index contributed by atoms with van der Waals surface area (Å²) in [5.74, 6) is 1.01. The SMILES string of the molecule is COc1cccc(-c2ccc3nc(NC(=O)NCCCS(=O)(=O)c4ccccc4)cn3n2)c1. The van der Waals surface area contributed by atoms with Gasteiger partial charge < -0.3 is 10.1 Å². The minimum absolute atomic E-state index is 0.0530. The number of carbonyl (C=O) groups is 1. The van der Waals surface area contributed by atoms with Crippen molar-refractivity contribution in [1.82, 2.24) is 19.9 Å². The Morgan fingerprint density at radius 3 is 2.67 bits per heavy atom. The molecule has 0 unspecified atom stereocenters. The number of aromatic nitrogens is 3. The van der Waals surface area contributed by atoms with Crippen molar-refractivity contribution in [2.24, 2.45) is 0 Å². The molecule has 4 aromatic rings. The van der Waals surface area contributed by atoms with E-state index in [1.165, 1.54) is 0 Å². The van der Waals surface area contributed by atoms with Gasteiger partial charge in [-0.2, -0.15) is 5.10 Å². The molecule has 170 valence electrons. The molecule has 2 N–H and O–H groups in total. The lowest BCUT2D eigenvalue weighted by Gasteiger charge is -2.06. The Morgan fingerprint density at radius 1 is 1.06 bits per heavy atom. The number of anilines is 1. The molecule has 0 radical (unpaired) electrons. The molecule has 0 saturated heterocycles. The third-order valence-corrected chi connectivity index (χ3v) is 6.72. The molecule has 0 bridgehead atoms. The Bertz CT molecular complexity index is 1370. The van der Waals surface area contributed by atoms with Crippen LogP contribution >= 0.6 is 0 Å². The van der Waals surface area contributed by atoms with Gasteiger partial charge in [-0.1, -0.05) is 30.3 Å². The van der Waals surface area contributed by atoms with Gasteiger partial charge in [-0.05, 0) is 42.8 Å². The molecule has 33 heavy (non-hydrogen) atoms. The fourth-order valence-corrected chi connectivity index (χ4v) is 4.58. The highest BCUT2D eigenvalue weighted by molar-refractivity contribution is 7.91. The van der Waals surface area contributed by atoms with E-state index < -0.39 is 15.9 Å². The van der Waals surface area contributed by atoms with Crippen LogP contribution in [-0.2, 0) is 9.84 Å². The summed E-state index contributed by atoms with van der Waals surface area (Å²) in [6, 6.07) is 19.0. The molecule has 0 atom stereocenters. The van der Waals surface area contributed by atoms with Crippen molar-refractivity contribution < 1.29 is 17.9 Å². The van der Waals surface area contributed by atoms with Gasteiger partial charge in [-0.15, -0.1) is 0 Å². The van der Waals surface area contributed by atoms with E-state index in [2.05, 4.69) is 20.7 Å². The number of ether oxygens (including phenoxy) is 1. The second-order valence-corrected chi connectivity index (χ2v) is 9.35. The predicted octanol–water partition coefficient (Wildman–Crippen LogP) is 3.39. The van der Waals surface area contributed by atoms with E-state index in [4.69, 9.17) is 4.74 Å². The third kappa shape index (κ3) is 5.47. The maximum Gasteiger partial charge on any atom is 0.320 e. The zero-order chi connectivity index (χ0) is 23.3. The summed E-state index contributed by atoms with van der Waals surface area (Å²) >= 11 is 0. The van der Waals surface area contributed by atoms with Gasteiger partial charge in [0.2, 0.25) is 0 Å². The number of fused-ring (bicyclic) bond motifs is 1. The third-order valence-electron chi connectivity index (χ3n) is 4.90. The number of imidazole rings is 1. The molecular weight excluding hydrogens is 442 g/mol. The molecule has 9 nitrogen and oxygen atoms in total. The highest BCUT2D eigenvalue weighted by Gasteiger charge is 2.14. The van der Waals surface area contributed by atoms with Crippen molar-refractivity contribution in [1.29, 1.82) is 0 Å². The van der Waals surface area contributed by atoms with Gasteiger partial charge in [0.1, 0.15) is 5.75 Å². The summed E-state index contributed by atoms with van der Waals surface area (Å²) in [5, 5.41) is 9.84. The number of nitrogens with one attached hydrogen (secondary N) is 2. The summed E-state index contributed by atoms with van der Waals surface area (Å²) in [4.78, 5) is 16.8. The van der Waals surface area contributed by atoms with Crippen LogP contribution in [0.4, 0.5) is 10.6 Å². The number of hydrogen-bond donors (Lipinski definition) is 2. The lowest BCUT2D eigenvalue weighted by Crippen LogP contribution is -2.30. The first-order valence-electron chi connectivity index (χ1n) is 10.3. The molecular formula is C23H23N5O4S. The van der Waals surface area contributed by atoms with Gasteiger partial charge in [0.05, 0.1) is 29.6 Å². The zero-order valence-corrected chi connectivity index (χ0v) is 18.7. The van der Waals surface area contributed by atoms with E-state index in [1.54, 1.807) is 54.2 Å². The number of benzene rings is 2. The van der Waals surface area contributed by atoms with Crippen LogP contribution < -0.4 is 15.4 Å². The van der Waals surface area contributed by atoms with Crippen LogP contribution in [0.3, 0.4) is 0 Å². The van der Waals surface area contributed by atoms with Crippen LogP contribution in [0.2, 0.25) is 0 Å². The second kappa shape index (κ2) is 9.70. The van der Waals surface area contributed by atoms with Gasteiger partial charge in [-0.3, -0.25) is 5.32 Å². The fraction of sp³-hybridized carbons (Fsp3) is 0.174. The topological polar surface area (TPSA) is 115 Å². The number of amides is 2. The number of nitrogens with zero attached hydrogens (tertiary/aromatic N) is 3. The Balaban J connectivity index is 1.33. The largest absolute Gasteiger partial charge is 0.497 e. The minimum Gasteiger partial charge on any atom is -0.497 e. The van der Waals surface area contributed by atoms with Gasteiger partial charge >= 0.3 is 6.03 Å². The predicted molar refractivity (Wildman–Crippen MR) is 125 cm³/mol. The van der Waals surface area contributed by atoms with Crippen molar-refractivity contribution in [2.45, 2.75) is 11.3 Å². The van der Waals surface area contributed by atoms with E-state index in [1.807, 2.05) is 30.3 Å². The summed E-state index contributed by atoms with van der Waals surface area (Å²) in [5.41, 5.74) is 2.20. The summed E-state index contributed by atoms with van der Waals surface area (Å²) in [7, 11) is -1.76. The Kier molecular flexibility index (Phi) is 6.55. The van der Waals surface area contributed by atoms with Crippen molar-refractivity contribution >= 4 is 27.3 Å². The molecule has 10 heteroatoms. The molecule has 0 aliphatic carbocycles. The summed E-state index contributed by atoms with van der Waals surface area (Å²) in [6.07, 6.45) is 1.90. The van der Waals surface area contributed by atoms with E-state index in [0.29, 0.717) is 17.9 Å². The van der Waals surface area contributed by atoms with Gasteiger partial charge in [0.15, 0.2) is 21.3 Å². The monoisotopic (exact) mass is 465 g/mol. The maximum absolute atomic E-state index is 12.3. The maximum atomic E-state index is 12.3. The van der Waals surface area contributed by atoms with Gasteiger partial charge in [0.25, 0.3) is 0 Å². The number of carbonyl (C=O) groups excluding carboxylic acids is 1. The van der Waals surface area contributed by atoms with Crippen molar-refractivity contribution in [3.8, 4) is 17.0 Å². The first-order valence-corrected chi connectivity index (χ1v) is 11.9. The molecule has 2 aromatic carbocycles. The molecule has 0 aliphatic heterocycles. The number of sulfone groups is 1. The Hall–Kier alpha value is -3.92. The van der Waals surface area contributed by atoms with Crippen LogP contribution in [0.15, 0.2) is 77.8 Å². The molecule has 0 aliphatic rings. The molecule has 0 spiro atoms. The molecule has 2 heterocycles. The number of rotatable bonds is 8. The first-order chi connectivity index (χ1) is 15.9. The van der Waals surface area contributed by atoms with Crippen LogP contribution in [-0.4, -0.2) is 48.5 Å². The zero-order valence-electron chi connectivity index (χ0n) is 17.9. The molecule has 4 rings (SSSR count). The molecule has 2 amide bonds. The number of methoxy groups -OCH3 is 1. The van der Waals surface area contributed by atoms with Crippen molar-refractivity contribution in [3.63, 3.8) is 0 Å². The lowest BCUT2D eigenvalue weighted by atomic mass is 10.1. The van der Waals surface area contributed by atoms with E-state index >= 15 is 0 Å². The Morgan fingerprint density at radius 2 is 1.88 bits per heavy atom. The summed E-state index contributed by atoms with van der Waals surface area (Å²) in [6.45, 7) is 0.212. The fourth-order valence-electron chi connectivity index (χ4n) is 3.25. The average Bonchev–Trinajstić information content (AvgIpc) is 3.24. The van der Waals surface area contributed by atoms with Crippen LogP contribution in [0.5, 0.6) is 5.75 Å². The quantitative estimate of drug-likeness (QED) is 0.386. The number of hydrogen-bond acceptors (Lipinski definition) is 6. The van der Waals surface area contributed by atoms with Crippen molar-refractivity contribution in [3.05, 3.63) is 72.9 Å². The Labute approximate surface area is 191 Å². The normalized spacial score (nSPS) is 11.3. The van der Waals surface area contributed by atoms with Crippen molar-refractivity contribution in [2.75, 3.05) is 24.7 Å². The summed E-state index contributed by atoms with van der Waals surface area (Å²) < 4.78 is 31.4. The van der Waals surface area contributed by atoms with Gasteiger partial charge in [-0.25, -0.2) is 22.7 Å². The van der Waals surface area contributed by atoms with Crippen LogP contribution in [0, 0.1) is 0 Å². The van der Waals surface area contributed by atoms with E-state index in [9.17, 15) is 13.2 Å². The van der Waals surface area contributed by atoms with E-state index in [-0.39, 0.29) is 17.2 Å². The van der Waals surface area contributed by atoms with Gasteiger partial charge in [0, 0.05) is 12.1 Å². The minimum atomic E-state index is -3.37. The highest BCUT2D eigenvalue weighted by Crippen LogP contribution is 2.22. The second-order valence-electron chi connectivity index (χ2n) is 7.25. The molecule has 2 aromatic heterocycles. The average molecular weight is 466 g/mol. The number of urea groups is 1. The smallest absolute Gasteiger partial charge is 0.320 e. The first kappa shape index (κ1) is 22.3.